The lowest BCUT2D eigenvalue weighted by Gasteiger charge is -2.38. The molecule has 0 aromatic rings. The zero-order chi connectivity index (χ0) is 12.0. The third-order valence-electron chi connectivity index (χ3n) is 3.24. The number of nitrogens with one attached hydrogen (secondary N) is 2. The van der Waals surface area contributed by atoms with E-state index in [1.165, 1.54) is 0 Å². The van der Waals surface area contributed by atoms with Crippen molar-refractivity contribution in [2.45, 2.75) is 46.1 Å². The first-order chi connectivity index (χ1) is 7.58. The van der Waals surface area contributed by atoms with Crippen LogP contribution >= 0.6 is 0 Å². The molecule has 1 aliphatic heterocycles. The van der Waals surface area contributed by atoms with E-state index in [2.05, 4.69) is 30.6 Å². The molecule has 0 aromatic carbocycles. The fourth-order valence-electron chi connectivity index (χ4n) is 2.21. The molecule has 1 aliphatic rings. The highest BCUT2D eigenvalue weighted by molar-refractivity contribution is 5.82. The van der Waals surface area contributed by atoms with Gasteiger partial charge in [-0.15, -0.1) is 0 Å². The molecule has 0 spiro atoms. The van der Waals surface area contributed by atoms with Gasteiger partial charge in [-0.05, 0) is 38.1 Å². The fourth-order valence-corrected chi connectivity index (χ4v) is 2.21. The van der Waals surface area contributed by atoms with Crippen LogP contribution in [0.15, 0.2) is 12.2 Å². The van der Waals surface area contributed by atoms with Crippen molar-refractivity contribution >= 4 is 5.91 Å². The average Bonchev–Trinajstić information content (AvgIpc) is 2.23. The number of amides is 1. The quantitative estimate of drug-likeness (QED) is 0.565. The molecule has 0 saturated carbocycles. The maximum atomic E-state index is 12.0. The van der Waals surface area contributed by atoms with Gasteiger partial charge < -0.3 is 10.6 Å². The SMILES string of the molecule is C/C=C/CCNC(=O)C1NCCCC1(C)C. The molecule has 1 fully saturated rings. The summed E-state index contributed by atoms with van der Waals surface area (Å²) in [5.74, 6) is 0.147. The Morgan fingerprint density at radius 1 is 1.56 bits per heavy atom. The van der Waals surface area contributed by atoms with E-state index in [1.807, 2.05) is 13.0 Å². The van der Waals surface area contributed by atoms with Crippen molar-refractivity contribution in [2.24, 2.45) is 5.41 Å². The van der Waals surface area contributed by atoms with Crippen LogP contribution in [0.25, 0.3) is 0 Å². The van der Waals surface area contributed by atoms with Gasteiger partial charge in [-0.25, -0.2) is 0 Å². The Morgan fingerprint density at radius 2 is 2.31 bits per heavy atom. The fraction of sp³-hybridized carbons (Fsp3) is 0.769. The molecular formula is C13H24N2O. The number of allylic oxidation sites excluding steroid dienone is 1. The summed E-state index contributed by atoms with van der Waals surface area (Å²) in [5.41, 5.74) is 0.0724. The van der Waals surface area contributed by atoms with Gasteiger partial charge in [0.15, 0.2) is 0 Å². The molecule has 3 heteroatoms. The summed E-state index contributed by atoms with van der Waals surface area (Å²) in [7, 11) is 0. The van der Waals surface area contributed by atoms with Crippen LogP contribution in [0.1, 0.15) is 40.0 Å². The molecule has 1 unspecified atom stereocenters. The molecule has 2 N–H and O–H groups in total. The lowest BCUT2D eigenvalue weighted by atomic mass is 9.77. The summed E-state index contributed by atoms with van der Waals surface area (Å²) in [4.78, 5) is 12.0. The molecule has 1 rings (SSSR count). The minimum Gasteiger partial charge on any atom is -0.354 e. The zero-order valence-electron chi connectivity index (χ0n) is 10.7. The highest BCUT2D eigenvalue weighted by Gasteiger charge is 2.36. The van der Waals surface area contributed by atoms with Gasteiger partial charge in [0.05, 0.1) is 6.04 Å². The van der Waals surface area contributed by atoms with Crippen molar-refractivity contribution in [1.29, 1.82) is 0 Å². The van der Waals surface area contributed by atoms with E-state index in [-0.39, 0.29) is 17.4 Å². The third-order valence-corrected chi connectivity index (χ3v) is 3.24. The van der Waals surface area contributed by atoms with Gasteiger partial charge in [0.25, 0.3) is 0 Å². The topological polar surface area (TPSA) is 41.1 Å². The second-order valence-corrected chi connectivity index (χ2v) is 5.13. The Morgan fingerprint density at radius 3 is 2.94 bits per heavy atom. The summed E-state index contributed by atoms with van der Waals surface area (Å²) < 4.78 is 0. The number of piperidine rings is 1. The molecule has 0 aliphatic carbocycles. The second-order valence-electron chi connectivity index (χ2n) is 5.13. The van der Waals surface area contributed by atoms with Crippen LogP contribution in [0.2, 0.25) is 0 Å². The molecule has 16 heavy (non-hydrogen) atoms. The first kappa shape index (κ1) is 13.2. The second kappa shape index (κ2) is 6.04. The van der Waals surface area contributed by atoms with Crippen LogP contribution in [-0.2, 0) is 4.79 Å². The van der Waals surface area contributed by atoms with E-state index in [9.17, 15) is 4.79 Å². The predicted octanol–water partition coefficient (Wildman–Crippen LogP) is 1.85. The summed E-state index contributed by atoms with van der Waals surface area (Å²) in [6.45, 7) is 8.01. The zero-order valence-corrected chi connectivity index (χ0v) is 10.7. The van der Waals surface area contributed by atoms with Crippen molar-refractivity contribution < 1.29 is 4.79 Å². The number of rotatable bonds is 4. The largest absolute Gasteiger partial charge is 0.354 e. The smallest absolute Gasteiger partial charge is 0.237 e. The van der Waals surface area contributed by atoms with Crippen LogP contribution in [0, 0.1) is 5.41 Å². The van der Waals surface area contributed by atoms with Gasteiger partial charge in [0.2, 0.25) is 5.91 Å². The molecule has 1 atom stereocenters. The van der Waals surface area contributed by atoms with E-state index in [4.69, 9.17) is 0 Å². The minimum atomic E-state index is -0.0353. The molecule has 0 radical (unpaired) electrons. The van der Waals surface area contributed by atoms with Crippen molar-refractivity contribution in [3.8, 4) is 0 Å². The Hall–Kier alpha value is -0.830. The number of hydrogen-bond donors (Lipinski definition) is 2. The first-order valence-corrected chi connectivity index (χ1v) is 6.20. The van der Waals surface area contributed by atoms with Crippen molar-refractivity contribution in [1.82, 2.24) is 10.6 Å². The number of carbonyl (C=O) groups excluding carboxylic acids is 1. The van der Waals surface area contributed by atoms with Gasteiger partial charge in [0, 0.05) is 6.54 Å². The number of hydrogen-bond acceptors (Lipinski definition) is 2. The molecule has 0 aromatic heterocycles. The number of carbonyl (C=O) groups is 1. The van der Waals surface area contributed by atoms with E-state index in [1.54, 1.807) is 0 Å². The Labute approximate surface area is 98.7 Å². The van der Waals surface area contributed by atoms with Crippen LogP contribution in [-0.4, -0.2) is 25.0 Å². The first-order valence-electron chi connectivity index (χ1n) is 6.20. The van der Waals surface area contributed by atoms with Crippen LogP contribution < -0.4 is 10.6 Å². The Balaban J connectivity index is 2.39. The predicted molar refractivity (Wildman–Crippen MR) is 67.2 cm³/mol. The third kappa shape index (κ3) is 3.63. The highest BCUT2D eigenvalue weighted by Crippen LogP contribution is 2.29. The Kier molecular flexibility index (Phi) is 5.00. The van der Waals surface area contributed by atoms with Crippen molar-refractivity contribution in [2.75, 3.05) is 13.1 Å². The van der Waals surface area contributed by atoms with Crippen molar-refractivity contribution in [3.63, 3.8) is 0 Å². The normalized spacial score (nSPS) is 24.6. The molecule has 0 bridgehead atoms. The standard InChI is InChI=1S/C13H24N2O/c1-4-5-6-9-15-12(16)11-13(2,3)8-7-10-14-11/h4-5,11,14H,6-10H2,1-3H3,(H,15,16)/b5-4+. The van der Waals surface area contributed by atoms with Gasteiger partial charge in [-0.3, -0.25) is 4.79 Å². The van der Waals surface area contributed by atoms with E-state index in [0.29, 0.717) is 0 Å². The van der Waals surface area contributed by atoms with Crippen LogP contribution in [0.3, 0.4) is 0 Å². The maximum absolute atomic E-state index is 12.0. The molecule has 3 nitrogen and oxygen atoms in total. The highest BCUT2D eigenvalue weighted by atomic mass is 16.2. The summed E-state index contributed by atoms with van der Waals surface area (Å²) in [5, 5.41) is 6.31. The van der Waals surface area contributed by atoms with Gasteiger partial charge in [-0.2, -0.15) is 0 Å². The monoisotopic (exact) mass is 224 g/mol. The lowest BCUT2D eigenvalue weighted by molar-refractivity contribution is -0.126. The summed E-state index contributed by atoms with van der Waals surface area (Å²) in [6, 6.07) is -0.0353. The van der Waals surface area contributed by atoms with Gasteiger partial charge in [0.1, 0.15) is 0 Å². The van der Waals surface area contributed by atoms with E-state index >= 15 is 0 Å². The Bertz CT molecular complexity index is 259. The lowest BCUT2D eigenvalue weighted by Crippen LogP contribution is -2.55. The van der Waals surface area contributed by atoms with Crippen molar-refractivity contribution in [3.05, 3.63) is 12.2 Å². The molecular weight excluding hydrogens is 200 g/mol. The van der Waals surface area contributed by atoms with E-state index < -0.39 is 0 Å². The summed E-state index contributed by atoms with van der Waals surface area (Å²) in [6.07, 6.45) is 7.27. The van der Waals surface area contributed by atoms with E-state index in [0.717, 1.165) is 32.4 Å². The molecule has 92 valence electrons. The van der Waals surface area contributed by atoms with Gasteiger partial charge in [-0.1, -0.05) is 26.0 Å². The minimum absolute atomic E-state index is 0.0353. The average molecular weight is 224 g/mol. The molecule has 1 heterocycles. The van der Waals surface area contributed by atoms with Gasteiger partial charge >= 0.3 is 0 Å². The van der Waals surface area contributed by atoms with Crippen LogP contribution in [0.5, 0.6) is 0 Å². The summed E-state index contributed by atoms with van der Waals surface area (Å²) >= 11 is 0. The van der Waals surface area contributed by atoms with Crippen LogP contribution in [0.4, 0.5) is 0 Å². The maximum Gasteiger partial charge on any atom is 0.237 e. The molecule has 1 saturated heterocycles. The molecule has 1 amide bonds.